The molecule has 1 saturated heterocycles. The van der Waals surface area contributed by atoms with Gasteiger partial charge in [0.15, 0.2) is 0 Å². The first-order valence-electron chi connectivity index (χ1n) is 9.19. The summed E-state index contributed by atoms with van der Waals surface area (Å²) in [6.07, 6.45) is 3.57. The van der Waals surface area contributed by atoms with Crippen LogP contribution in [0.4, 0.5) is 5.69 Å². The molecule has 0 radical (unpaired) electrons. The van der Waals surface area contributed by atoms with E-state index in [1.54, 1.807) is 23.1 Å². The maximum atomic E-state index is 13.1. The molecule has 0 spiro atoms. The van der Waals surface area contributed by atoms with Crippen molar-refractivity contribution >= 4 is 23.2 Å². The standard InChI is InChI=1S/C20H21ClN6O/c1-14-13-25(16-7-9-22-10-8-16)11-12-26(14)20(28)19-23-15(2)27(24-19)18-6-4-3-5-17(18)21/h3-10,14H,11-13H2,1-2H3. The summed E-state index contributed by atoms with van der Waals surface area (Å²) in [7, 11) is 0. The maximum absolute atomic E-state index is 13.1. The number of carbonyl (C=O) groups is 1. The number of aryl methyl sites for hydroxylation is 1. The number of amides is 1. The van der Waals surface area contributed by atoms with Crippen LogP contribution in [0, 0.1) is 6.92 Å². The molecule has 144 valence electrons. The predicted octanol–water partition coefficient (Wildman–Crippen LogP) is 2.98. The fourth-order valence-electron chi connectivity index (χ4n) is 3.51. The highest BCUT2D eigenvalue weighted by Crippen LogP contribution is 2.22. The van der Waals surface area contributed by atoms with Crippen molar-refractivity contribution in [1.82, 2.24) is 24.6 Å². The maximum Gasteiger partial charge on any atom is 0.293 e. The lowest BCUT2D eigenvalue weighted by Crippen LogP contribution is -2.54. The largest absolute Gasteiger partial charge is 0.368 e. The summed E-state index contributed by atoms with van der Waals surface area (Å²) in [5.41, 5.74) is 1.83. The molecule has 28 heavy (non-hydrogen) atoms. The number of rotatable bonds is 3. The second-order valence-corrected chi connectivity index (χ2v) is 7.25. The highest BCUT2D eigenvalue weighted by atomic mass is 35.5. The van der Waals surface area contributed by atoms with E-state index in [9.17, 15) is 4.79 Å². The van der Waals surface area contributed by atoms with E-state index in [2.05, 4.69) is 20.0 Å². The molecule has 1 amide bonds. The Labute approximate surface area is 168 Å². The van der Waals surface area contributed by atoms with E-state index < -0.39 is 0 Å². The second kappa shape index (κ2) is 7.59. The quantitative estimate of drug-likeness (QED) is 0.680. The Morgan fingerprint density at radius 2 is 1.89 bits per heavy atom. The van der Waals surface area contributed by atoms with Crippen LogP contribution in [0.5, 0.6) is 0 Å². The fraction of sp³-hybridized carbons (Fsp3) is 0.300. The molecule has 4 rings (SSSR count). The number of pyridine rings is 1. The Morgan fingerprint density at radius 1 is 1.14 bits per heavy atom. The minimum absolute atomic E-state index is 0.0435. The van der Waals surface area contributed by atoms with Crippen LogP contribution < -0.4 is 4.90 Å². The molecule has 0 bridgehead atoms. The molecular formula is C20H21ClN6O. The number of hydrogen-bond acceptors (Lipinski definition) is 5. The van der Waals surface area contributed by atoms with Crippen LogP contribution in [0.15, 0.2) is 48.8 Å². The van der Waals surface area contributed by atoms with Crippen LogP contribution in [0.25, 0.3) is 5.69 Å². The first-order valence-corrected chi connectivity index (χ1v) is 9.57. The van der Waals surface area contributed by atoms with Gasteiger partial charge in [0.05, 0.1) is 10.7 Å². The average Bonchev–Trinajstić information content (AvgIpc) is 3.10. The van der Waals surface area contributed by atoms with Gasteiger partial charge in [0.2, 0.25) is 5.82 Å². The molecule has 0 aliphatic carbocycles. The Morgan fingerprint density at radius 3 is 2.61 bits per heavy atom. The van der Waals surface area contributed by atoms with Gasteiger partial charge in [0.25, 0.3) is 5.91 Å². The molecule has 1 atom stereocenters. The lowest BCUT2D eigenvalue weighted by Gasteiger charge is -2.40. The van der Waals surface area contributed by atoms with Crippen LogP contribution in [0.2, 0.25) is 5.02 Å². The number of piperazine rings is 1. The van der Waals surface area contributed by atoms with Crippen molar-refractivity contribution in [3.63, 3.8) is 0 Å². The number of hydrogen-bond donors (Lipinski definition) is 0. The van der Waals surface area contributed by atoms with Gasteiger partial charge in [-0.25, -0.2) is 9.67 Å². The summed E-state index contributed by atoms with van der Waals surface area (Å²) >= 11 is 6.27. The molecule has 1 aliphatic rings. The van der Waals surface area contributed by atoms with Gasteiger partial charge in [-0.3, -0.25) is 9.78 Å². The molecule has 3 heterocycles. The summed E-state index contributed by atoms with van der Waals surface area (Å²) in [4.78, 5) is 25.6. The molecule has 1 fully saturated rings. The predicted molar refractivity (Wildman–Crippen MR) is 108 cm³/mol. The Bertz CT molecular complexity index is 989. The van der Waals surface area contributed by atoms with E-state index in [0.717, 1.165) is 18.8 Å². The van der Waals surface area contributed by atoms with Crippen molar-refractivity contribution in [3.05, 3.63) is 65.5 Å². The Kier molecular flexibility index (Phi) is 5.00. The van der Waals surface area contributed by atoms with Crippen molar-refractivity contribution in [3.8, 4) is 5.69 Å². The minimum Gasteiger partial charge on any atom is -0.368 e. The van der Waals surface area contributed by atoms with Gasteiger partial charge in [0, 0.05) is 43.8 Å². The van der Waals surface area contributed by atoms with E-state index in [-0.39, 0.29) is 17.8 Å². The van der Waals surface area contributed by atoms with Crippen molar-refractivity contribution in [2.24, 2.45) is 0 Å². The van der Waals surface area contributed by atoms with Gasteiger partial charge >= 0.3 is 0 Å². The highest BCUT2D eigenvalue weighted by molar-refractivity contribution is 6.32. The van der Waals surface area contributed by atoms with Crippen molar-refractivity contribution < 1.29 is 4.79 Å². The van der Waals surface area contributed by atoms with E-state index in [1.165, 1.54) is 0 Å². The van der Waals surface area contributed by atoms with Crippen molar-refractivity contribution in [2.45, 2.75) is 19.9 Å². The fourth-order valence-corrected chi connectivity index (χ4v) is 3.73. The van der Waals surface area contributed by atoms with Crippen LogP contribution in [-0.2, 0) is 0 Å². The summed E-state index contributed by atoms with van der Waals surface area (Å²) in [5.74, 6) is 0.664. The third-order valence-electron chi connectivity index (χ3n) is 4.96. The van der Waals surface area contributed by atoms with Gasteiger partial charge in [-0.05, 0) is 38.1 Å². The van der Waals surface area contributed by atoms with E-state index in [4.69, 9.17) is 11.6 Å². The average molecular weight is 397 g/mol. The zero-order valence-electron chi connectivity index (χ0n) is 15.8. The lowest BCUT2D eigenvalue weighted by atomic mass is 10.1. The van der Waals surface area contributed by atoms with Gasteiger partial charge < -0.3 is 9.80 Å². The van der Waals surface area contributed by atoms with E-state index in [1.807, 2.05) is 49.1 Å². The third-order valence-corrected chi connectivity index (χ3v) is 5.28. The summed E-state index contributed by atoms with van der Waals surface area (Å²) in [5, 5.41) is 5.00. The van der Waals surface area contributed by atoms with Gasteiger partial charge in [0.1, 0.15) is 5.82 Å². The summed E-state index contributed by atoms with van der Waals surface area (Å²) in [6, 6.07) is 11.4. The van der Waals surface area contributed by atoms with Crippen LogP contribution >= 0.6 is 11.6 Å². The number of aromatic nitrogens is 4. The molecule has 1 aliphatic heterocycles. The van der Waals surface area contributed by atoms with Gasteiger partial charge in [-0.1, -0.05) is 23.7 Å². The number of benzene rings is 1. The Hall–Kier alpha value is -2.93. The van der Waals surface area contributed by atoms with E-state index in [0.29, 0.717) is 23.1 Å². The van der Waals surface area contributed by atoms with Gasteiger partial charge in [-0.15, -0.1) is 5.10 Å². The Balaban J connectivity index is 1.53. The van der Waals surface area contributed by atoms with Crippen LogP contribution in [-0.4, -0.2) is 56.2 Å². The van der Waals surface area contributed by atoms with Crippen molar-refractivity contribution in [2.75, 3.05) is 24.5 Å². The second-order valence-electron chi connectivity index (χ2n) is 6.84. The SMILES string of the molecule is Cc1nc(C(=O)N2CCN(c3ccncc3)CC2C)nn1-c1ccccc1Cl. The lowest BCUT2D eigenvalue weighted by molar-refractivity contribution is 0.0661. The molecule has 0 saturated carbocycles. The zero-order valence-corrected chi connectivity index (χ0v) is 16.5. The minimum atomic E-state index is -0.157. The molecular weight excluding hydrogens is 376 g/mol. The number of carbonyl (C=O) groups excluding carboxylic acids is 1. The zero-order chi connectivity index (χ0) is 19.7. The highest BCUT2D eigenvalue weighted by Gasteiger charge is 2.30. The third kappa shape index (κ3) is 3.45. The number of nitrogens with zero attached hydrogens (tertiary/aromatic N) is 6. The van der Waals surface area contributed by atoms with E-state index >= 15 is 0 Å². The molecule has 0 N–H and O–H groups in total. The van der Waals surface area contributed by atoms with Crippen molar-refractivity contribution in [1.29, 1.82) is 0 Å². The number of anilines is 1. The van der Waals surface area contributed by atoms with Gasteiger partial charge in [-0.2, -0.15) is 0 Å². The van der Waals surface area contributed by atoms with Crippen LogP contribution in [0.3, 0.4) is 0 Å². The number of halogens is 1. The first-order chi connectivity index (χ1) is 13.5. The molecule has 3 aromatic rings. The van der Waals surface area contributed by atoms with Crippen LogP contribution in [0.1, 0.15) is 23.4 Å². The smallest absolute Gasteiger partial charge is 0.293 e. The summed E-state index contributed by atoms with van der Waals surface area (Å²) in [6.45, 7) is 5.98. The summed E-state index contributed by atoms with van der Waals surface area (Å²) < 4.78 is 1.62. The number of para-hydroxylation sites is 1. The first kappa shape index (κ1) is 18.4. The molecule has 1 unspecified atom stereocenters. The molecule has 8 heteroatoms. The molecule has 2 aromatic heterocycles. The monoisotopic (exact) mass is 396 g/mol. The molecule has 7 nitrogen and oxygen atoms in total. The normalized spacial score (nSPS) is 17.0. The molecule has 1 aromatic carbocycles. The topological polar surface area (TPSA) is 67.2 Å².